The molecular formula is C16H25N5O4S. The molecule has 0 saturated heterocycles. The van der Waals surface area contributed by atoms with Crippen molar-refractivity contribution >= 4 is 27.0 Å². The van der Waals surface area contributed by atoms with Gasteiger partial charge >= 0.3 is 0 Å². The Bertz CT molecular complexity index is 874. The van der Waals surface area contributed by atoms with Crippen molar-refractivity contribution in [1.29, 1.82) is 0 Å². The first-order valence-corrected chi connectivity index (χ1v) is 9.97. The van der Waals surface area contributed by atoms with Crippen LogP contribution in [-0.2, 0) is 14.8 Å². The fourth-order valence-electron chi connectivity index (χ4n) is 2.43. The van der Waals surface area contributed by atoms with E-state index in [9.17, 15) is 13.2 Å². The van der Waals surface area contributed by atoms with Crippen molar-refractivity contribution in [2.45, 2.75) is 51.7 Å². The minimum atomic E-state index is -3.62. The molecule has 0 aliphatic heterocycles. The predicted molar refractivity (Wildman–Crippen MR) is 97.0 cm³/mol. The van der Waals surface area contributed by atoms with Crippen molar-refractivity contribution in [3.05, 3.63) is 18.2 Å². The Hall–Kier alpha value is -2.20. The molecule has 1 aromatic carbocycles. The molecule has 1 N–H and O–H groups in total. The van der Waals surface area contributed by atoms with Crippen molar-refractivity contribution < 1.29 is 18.0 Å². The minimum absolute atomic E-state index is 0.0214. The monoisotopic (exact) mass is 383 g/mol. The maximum absolute atomic E-state index is 12.7. The van der Waals surface area contributed by atoms with Crippen LogP contribution < -0.4 is 10.2 Å². The van der Waals surface area contributed by atoms with Gasteiger partial charge in [0.15, 0.2) is 0 Å². The highest BCUT2D eigenvalue weighted by Gasteiger charge is 2.24. The summed E-state index contributed by atoms with van der Waals surface area (Å²) in [6.07, 6.45) is -0.814. The SMILES string of the molecule is CCN(CC)S(=O)(=O)c1ccc2nnn(OC(C)C(=O)NC(C)C)c2c1. The van der Waals surface area contributed by atoms with E-state index >= 15 is 0 Å². The molecule has 1 aromatic heterocycles. The number of amides is 1. The van der Waals surface area contributed by atoms with E-state index < -0.39 is 16.1 Å². The number of hydrogen-bond acceptors (Lipinski definition) is 6. The second-order valence-corrected chi connectivity index (χ2v) is 8.05. The maximum Gasteiger partial charge on any atom is 0.263 e. The van der Waals surface area contributed by atoms with Crippen LogP contribution in [0.4, 0.5) is 0 Å². The minimum Gasteiger partial charge on any atom is -0.382 e. The van der Waals surface area contributed by atoms with E-state index in [0.29, 0.717) is 24.1 Å². The van der Waals surface area contributed by atoms with Crippen LogP contribution in [0.3, 0.4) is 0 Å². The van der Waals surface area contributed by atoms with Gasteiger partial charge in [0.25, 0.3) is 5.91 Å². The number of aromatic nitrogens is 3. The van der Waals surface area contributed by atoms with Crippen LogP contribution in [0.2, 0.25) is 0 Å². The quantitative estimate of drug-likeness (QED) is 0.723. The summed E-state index contributed by atoms with van der Waals surface area (Å²) in [6, 6.07) is 4.49. The van der Waals surface area contributed by atoms with Crippen LogP contribution in [0.1, 0.15) is 34.6 Å². The lowest BCUT2D eigenvalue weighted by atomic mass is 10.3. The van der Waals surface area contributed by atoms with E-state index in [2.05, 4.69) is 15.6 Å². The first-order chi connectivity index (χ1) is 12.2. The zero-order chi connectivity index (χ0) is 19.5. The summed E-state index contributed by atoms with van der Waals surface area (Å²) in [4.78, 5) is 18.8. The molecule has 1 heterocycles. The molecule has 0 spiro atoms. The van der Waals surface area contributed by atoms with Gasteiger partial charge in [-0.15, -0.1) is 5.10 Å². The Labute approximate surface area is 153 Å². The number of fused-ring (bicyclic) bond motifs is 1. The number of sulfonamides is 1. The lowest BCUT2D eigenvalue weighted by Gasteiger charge is -2.18. The zero-order valence-electron chi connectivity index (χ0n) is 15.6. The topological polar surface area (TPSA) is 106 Å². The van der Waals surface area contributed by atoms with E-state index in [0.717, 1.165) is 4.85 Å². The molecular weight excluding hydrogens is 358 g/mol. The van der Waals surface area contributed by atoms with Crippen LogP contribution in [0, 0.1) is 0 Å². The average molecular weight is 383 g/mol. The number of rotatable bonds is 8. The molecule has 0 saturated carbocycles. The van der Waals surface area contributed by atoms with Gasteiger partial charge in [-0.25, -0.2) is 8.42 Å². The van der Waals surface area contributed by atoms with Gasteiger partial charge in [0.1, 0.15) is 11.0 Å². The third-order valence-corrected chi connectivity index (χ3v) is 5.83. The van der Waals surface area contributed by atoms with E-state index in [1.165, 1.54) is 16.4 Å². The number of carbonyl (C=O) groups is 1. The van der Waals surface area contributed by atoms with Gasteiger partial charge in [0, 0.05) is 19.1 Å². The predicted octanol–water partition coefficient (Wildman–Crippen LogP) is 0.804. The van der Waals surface area contributed by atoms with Crippen molar-refractivity contribution in [3.8, 4) is 0 Å². The number of benzene rings is 1. The molecule has 0 aliphatic rings. The summed E-state index contributed by atoms with van der Waals surface area (Å²) in [5.74, 6) is -0.296. The average Bonchev–Trinajstić information content (AvgIpc) is 2.97. The van der Waals surface area contributed by atoms with E-state index in [-0.39, 0.29) is 16.8 Å². The van der Waals surface area contributed by atoms with Crippen molar-refractivity contribution in [1.82, 2.24) is 24.8 Å². The Morgan fingerprint density at radius 2 is 1.92 bits per heavy atom. The Kier molecular flexibility index (Phi) is 6.19. The van der Waals surface area contributed by atoms with Crippen LogP contribution in [0.5, 0.6) is 0 Å². The molecule has 144 valence electrons. The molecule has 2 aromatic rings. The largest absolute Gasteiger partial charge is 0.382 e. The highest BCUT2D eigenvalue weighted by molar-refractivity contribution is 7.89. The third-order valence-electron chi connectivity index (χ3n) is 3.79. The van der Waals surface area contributed by atoms with Gasteiger partial charge in [-0.1, -0.05) is 18.7 Å². The number of nitrogens with zero attached hydrogens (tertiary/aromatic N) is 4. The summed E-state index contributed by atoms with van der Waals surface area (Å²) >= 11 is 0. The summed E-state index contributed by atoms with van der Waals surface area (Å²) in [5.41, 5.74) is 0.849. The summed E-state index contributed by atoms with van der Waals surface area (Å²) < 4.78 is 26.8. The van der Waals surface area contributed by atoms with E-state index in [1.807, 2.05) is 13.8 Å². The van der Waals surface area contributed by atoms with Gasteiger partial charge in [0.05, 0.1) is 4.90 Å². The van der Waals surface area contributed by atoms with Crippen molar-refractivity contribution in [3.63, 3.8) is 0 Å². The maximum atomic E-state index is 12.7. The highest BCUT2D eigenvalue weighted by atomic mass is 32.2. The van der Waals surface area contributed by atoms with Crippen molar-refractivity contribution in [2.24, 2.45) is 0 Å². The molecule has 1 unspecified atom stereocenters. The van der Waals surface area contributed by atoms with Crippen LogP contribution >= 0.6 is 0 Å². The van der Waals surface area contributed by atoms with Crippen LogP contribution in [0.25, 0.3) is 11.0 Å². The molecule has 0 radical (unpaired) electrons. The normalized spacial score (nSPS) is 13.3. The number of hydrogen-bond donors (Lipinski definition) is 1. The molecule has 2 rings (SSSR count). The van der Waals surface area contributed by atoms with E-state index in [4.69, 9.17) is 4.84 Å². The van der Waals surface area contributed by atoms with Crippen molar-refractivity contribution in [2.75, 3.05) is 13.1 Å². The van der Waals surface area contributed by atoms with Gasteiger partial charge in [0.2, 0.25) is 16.1 Å². The van der Waals surface area contributed by atoms with Gasteiger partial charge in [-0.05, 0) is 44.2 Å². The lowest BCUT2D eigenvalue weighted by Crippen LogP contribution is -2.42. The van der Waals surface area contributed by atoms with Gasteiger partial charge in [-0.3, -0.25) is 4.79 Å². The Morgan fingerprint density at radius 1 is 1.27 bits per heavy atom. The van der Waals surface area contributed by atoms with Gasteiger partial charge in [-0.2, -0.15) is 4.31 Å². The fraction of sp³-hybridized carbons (Fsp3) is 0.562. The number of nitrogens with one attached hydrogen (secondary N) is 1. The van der Waals surface area contributed by atoms with Crippen LogP contribution in [0.15, 0.2) is 23.1 Å². The summed E-state index contributed by atoms with van der Waals surface area (Å²) in [6.45, 7) is 9.59. The molecule has 10 heteroatoms. The van der Waals surface area contributed by atoms with Crippen LogP contribution in [-0.4, -0.2) is 59.0 Å². The second kappa shape index (κ2) is 8.00. The van der Waals surface area contributed by atoms with E-state index in [1.54, 1.807) is 26.8 Å². The Morgan fingerprint density at radius 3 is 2.50 bits per heavy atom. The first kappa shape index (κ1) is 20.1. The third kappa shape index (κ3) is 4.13. The molecule has 0 aliphatic carbocycles. The van der Waals surface area contributed by atoms with Gasteiger partial charge < -0.3 is 10.2 Å². The smallest absolute Gasteiger partial charge is 0.263 e. The Balaban J connectivity index is 2.35. The molecule has 1 atom stereocenters. The highest BCUT2D eigenvalue weighted by Crippen LogP contribution is 2.20. The first-order valence-electron chi connectivity index (χ1n) is 8.53. The summed E-state index contributed by atoms with van der Waals surface area (Å²) in [5, 5.41) is 10.6. The second-order valence-electron chi connectivity index (χ2n) is 6.11. The fourth-order valence-corrected chi connectivity index (χ4v) is 3.91. The molecule has 26 heavy (non-hydrogen) atoms. The summed E-state index contributed by atoms with van der Waals surface area (Å²) in [7, 11) is -3.62. The standard InChI is InChI=1S/C16H25N5O4S/c1-6-20(7-2)26(23,24)13-8-9-14-15(10-13)21(19-18-14)25-12(5)16(22)17-11(3)4/h8-12H,6-7H2,1-5H3,(H,17,22). The molecule has 0 fully saturated rings. The number of carbonyl (C=O) groups excluding carboxylic acids is 1. The molecule has 0 bridgehead atoms. The molecule has 9 nitrogen and oxygen atoms in total. The molecule has 1 amide bonds. The lowest BCUT2D eigenvalue weighted by molar-refractivity contribution is -0.133. The zero-order valence-corrected chi connectivity index (χ0v) is 16.4.